The molecule has 0 fully saturated rings. The van der Waals surface area contributed by atoms with Gasteiger partial charge in [0.2, 0.25) is 0 Å². The van der Waals surface area contributed by atoms with E-state index in [9.17, 15) is 0 Å². The van der Waals surface area contributed by atoms with Gasteiger partial charge in [-0.2, -0.15) is 5.26 Å². The molecule has 1 aromatic carbocycles. The van der Waals surface area contributed by atoms with Crippen molar-refractivity contribution in [3.63, 3.8) is 0 Å². The van der Waals surface area contributed by atoms with Gasteiger partial charge in [-0.1, -0.05) is 22.9 Å². The molecule has 0 aromatic heterocycles. The van der Waals surface area contributed by atoms with Crippen molar-refractivity contribution in [3.05, 3.63) is 29.8 Å². The van der Waals surface area contributed by atoms with Gasteiger partial charge >= 0.3 is 0 Å². The van der Waals surface area contributed by atoms with E-state index in [0.29, 0.717) is 5.56 Å². The van der Waals surface area contributed by atoms with Gasteiger partial charge in [0.05, 0.1) is 5.56 Å². The fourth-order valence-corrected chi connectivity index (χ4v) is 1.47. The molecule has 3 heteroatoms. The van der Waals surface area contributed by atoms with E-state index in [1.165, 1.54) is 10.8 Å². The Balaban J connectivity index is 3.12. The van der Waals surface area contributed by atoms with E-state index in [4.69, 9.17) is 5.26 Å². The Hall–Kier alpha value is -0.590. The van der Waals surface area contributed by atoms with Gasteiger partial charge in [-0.25, -0.2) is 0 Å². The van der Waals surface area contributed by atoms with Crippen LogP contribution in [0.15, 0.2) is 29.2 Å². The van der Waals surface area contributed by atoms with Crippen LogP contribution in [0.4, 0.5) is 0 Å². The zero-order valence-corrected chi connectivity index (χ0v) is 6.82. The Morgan fingerprint density at radius 2 is 2.10 bits per heavy atom. The summed E-state index contributed by atoms with van der Waals surface area (Å²) in [6, 6.07) is 9.45. The molecule has 0 bridgehead atoms. The van der Waals surface area contributed by atoms with Gasteiger partial charge in [0.25, 0.3) is 0 Å². The Bertz CT molecular complexity index is 265. The summed E-state index contributed by atoms with van der Waals surface area (Å²) in [5.41, 5.74) is 0.683. The fourth-order valence-electron chi connectivity index (χ4n) is 0.639. The lowest BCUT2D eigenvalue weighted by Gasteiger charge is -1.94. The summed E-state index contributed by atoms with van der Waals surface area (Å²) < 4.78 is 0. The Kier molecular flexibility index (Phi) is 2.67. The first-order valence-electron chi connectivity index (χ1n) is 2.69. The van der Waals surface area contributed by atoms with Crippen LogP contribution in [-0.2, 0) is 0 Å². The van der Waals surface area contributed by atoms with Crippen LogP contribution in [0.3, 0.4) is 0 Å². The number of hydrogen-bond donors (Lipinski definition) is 1. The SMILES string of the molecule is N#Cc1ccccc1SS. The molecule has 1 aromatic rings. The van der Waals surface area contributed by atoms with Crippen molar-refractivity contribution in [1.29, 1.82) is 5.26 Å². The molecule has 0 aliphatic carbocycles. The van der Waals surface area contributed by atoms with Crippen molar-refractivity contribution < 1.29 is 0 Å². The lowest BCUT2D eigenvalue weighted by molar-refractivity contribution is 1.38. The van der Waals surface area contributed by atoms with Crippen LogP contribution in [0.5, 0.6) is 0 Å². The maximum absolute atomic E-state index is 8.55. The summed E-state index contributed by atoms with van der Waals surface area (Å²) in [6.07, 6.45) is 0. The number of nitriles is 1. The second kappa shape index (κ2) is 3.55. The number of thiol groups is 1. The van der Waals surface area contributed by atoms with Gasteiger partial charge < -0.3 is 0 Å². The van der Waals surface area contributed by atoms with Crippen LogP contribution in [0.1, 0.15) is 5.56 Å². The maximum Gasteiger partial charge on any atom is 0.100 e. The zero-order chi connectivity index (χ0) is 7.40. The van der Waals surface area contributed by atoms with Crippen LogP contribution in [-0.4, -0.2) is 0 Å². The van der Waals surface area contributed by atoms with Gasteiger partial charge in [0.1, 0.15) is 6.07 Å². The van der Waals surface area contributed by atoms with Crippen LogP contribution in [0.2, 0.25) is 0 Å². The van der Waals surface area contributed by atoms with Gasteiger partial charge in [0, 0.05) is 4.90 Å². The minimum atomic E-state index is 0.683. The summed E-state index contributed by atoms with van der Waals surface area (Å²) in [5.74, 6) is 0. The van der Waals surface area contributed by atoms with Gasteiger partial charge in [-0.15, -0.1) is 11.7 Å². The third-order valence-corrected chi connectivity index (χ3v) is 2.25. The molecule has 1 rings (SSSR count). The first-order valence-corrected chi connectivity index (χ1v) is 4.56. The maximum atomic E-state index is 8.55. The third-order valence-electron chi connectivity index (χ3n) is 1.11. The lowest BCUT2D eigenvalue weighted by Crippen LogP contribution is -1.75. The first kappa shape index (κ1) is 7.52. The number of rotatable bonds is 1. The van der Waals surface area contributed by atoms with Crippen molar-refractivity contribution in [1.82, 2.24) is 0 Å². The number of nitrogens with zero attached hydrogens (tertiary/aromatic N) is 1. The average Bonchev–Trinajstić information content (AvgIpc) is 2.04. The molecule has 0 amide bonds. The van der Waals surface area contributed by atoms with Crippen LogP contribution < -0.4 is 0 Å². The van der Waals surface area contributed by atoms with Crippen molar-refractivity contribution in [2.75, 3.05) is 0 Å². The average molecular weight is 167 g/mol. The molecule has 0 radical (unpaired) electrons. The molecule has 0 spiro atoms. The van der Waals surface area contributed by atoms with E-state index in [-0.39, 0.29) is 0 Å². The molecule has 0 saturated heterocycles. The molecule has 0 N–H and O–H groups in total. The largest absolute Gasteiger partial charge is 0.192 e. The van der Waals surface area contributed by atoms with Gasteiger partial charge in [0.15, 0.2) is 0 Å². The summed E-state index contributed by atoms with van der Waals surface area (Å²) in [7, 11) is 1.29. The van der Waals surface area contributed by atoms with Crippen molar-refractivity contribution in [3.8, 4) is 6.07 Å². The lowest BCUT2D eigenvalue weighted by atomic mass is 10.2. The number of benzene rings is 1. The summed E-state index contributed by atoms with van der Waals surface area (Å²) in [6.45, 7) is 0. The molecule has 0 unspecified atom stereocenters. The van der Waals surface area contributed by atoms with E-state index in [2.05, 4.69) is 17.7 Å². The second-order valence-electron chi connectivity index (χ2n) is 1.70. The molecule has 0 aliphatic rings. The minimum absolute atomic E-state index is 0.683. The highest BCUT2D eigenvalue weighted by molar-refractivity contribution is 8.68. The zero-order valence-electron chi connectivity index (χ0n) is 5.11. The van der Waals surface area contributed by atoms with E-state index >= 15 is 0 Å². The van der Waals surface area contributed by atoms with E-state index in [0.717, 1.165) is 4.90 Å². The fraction of sp³-hybridized carbons (Fsp3) is 0. The summed E-state index contributed by atoms with van der Waals surface area (Å²) in [5, 5.41) is 8.55. The molecule has 1 nitrogen and oxygen atoms in total. The monoisotopic (exact) mass is 167 g/mol. The molecule has 0 heterocycles. The van der Waals surface area contributed by atoms with Gasteiger partial charge in [-0.05, 0) is 12.1 Å². The molecular formula is C7H5NS2. The molecule has 0 atom stereocenters. The minimum Gasteiger partial charge on any atom is -0.192 e. The Morgan fingerprint density at radius 1 is 1.40 bits per heavy atom. The van der Waals surface area contributed by atoms with E-state index in [1.54, 1.807) is 6.07 Å². The van der Waals surface area contributed by atoms with Crippen molar-refractivity contribution in [2.24, 2.45) is 0 Å². The Morgan fingerprint density at radius 3 is 2.60 bits per heavy atom. The normalized spacial score (nSPS) is 8.80. The topological polar surface area (TPSA) is 23.8 Å². The van der Waals surface area contributed by atoms with Crippen LogP contribution >= 0.6 is 22.5 Å². The van der Waals surface area contributed by atoms with Gasteiger partial charge in [-0.3, -0.25) is 0 Å². The smallest absolute Gasteiger partial charge is 0.100 e. The predicted octanol–water partition coefficient (Wildman–Crippen LogP) is 2.50. The van der Waals surface area contributed by atoms with E-state index in [1.807, 2.05) is 18.2 Å². The standard InChI is InChI=1S/C7H5NS2/c8-5-6-3-1-2-4-7(6)10-9/h1-4,9H. The quantitative estimate of drug-likeness (QED) is 0.513. The third kappa shape index (κ3) is 1.47. The second-order valence-corrected chi connectivity index (χ2v) is 2.87. The molecule has 10 heavy (non-hydrogen) atoms. The highest BCUT2D eigenvalue weighted by Gasteiger charge is 1.96. The highest BCUT2D eigenvalue weighted by atomic mass is 33.1. The van der Waals surface area contributed by atoms with Crippen LogP contribution in [0.25, 0.3) is 0 Å². The van der Waals surface area contributed by atoms with Crippen molar-refractivity contribution in [2.45, 2.75) is 4.90 Å². The highest BCUT2D eigenvalue weighted by Crippen LogP contribution is 2.24. The molecule has 50 valence electrons. The van der Waals surface area contributed by atoms with Crippen LogP contribution in [0, 0.1) is 11.3 Å². The summed E-state index contributed by atoms with van der Waals surface area (Å²) >= 11 is 4.00. The molecule has 0 saturated carbocycles. The number of hydrogen-bond acceptors (Lipinski definition) is 3. The molecule has 0 aliphatic heterocycles. The summed E-state index contributed by atoms with van der Waals surface area (Å²) in [4.78, 5) is 0.910. The predicted molar refractivity (Wildman–Crippen MR) is 46.0 cm³/mol. The first-order chi connectivity index (χ1) is 4.88. The van der Waals surface area contributed by atoms with Crippen molar-refractivity contribution >= 4 is 22.5 Å². The molecular weight excluding hydrogens is 162 g/mol. The van der Waals surface area contributed by atoms with E-state index < -0.39 is 0 Å². The Labute approximate surface area is 68.9 Å².